The van der Waals surface area contributed by atoms with Crippen molar-refractivity contribution >= 4 is 15.9 Å². The Bertz CT molecular complexity index is 388. The lowest BCUT2D eigenvalue weighted by atomic mass is 9.82. The van der Waals surface area contributed by atoms with E-state index in [4.69, 9.17) is 0 Å². The van der Waals surface area contributed by atoms with Gasteiger partial charge in [0.15, 0.2) is 0 Å². The van der Waals surface area contributed by atoms with Crippen molar-refractivity contribution in [3.8, 4) is 0 Å². The van der Waals surface area contributed by atoms with Gasteiger partial charge in [0.1, 0.15) is 0 Å². The molecule has 0 radical (unpaired) electrons. The maximum absolute atomic E-state index is 12.5. The highest BCUT2D eigenvalue weighted by Crippen LogP contribution is 2.42. The van der Waals surface area contributed by atoms with Gasteiger partial charge in [-0.05, 0) is 42.4 Å². The highest BCUT2D eigenvalue weighted by Gasteiger charge is 2.33. The van der Waals surface area contributed by atoms with Crippen LogP contribution in [0.2, 0.25) is 0 Å². The number of rotatable bonds is 3. The Hall–Kier alpha value is -0.510. The molecule has 0 nitrogen and oxygen atoms in total. The maximum Gasteiger partial charge on any atom is 0.416 e. The Morgan fingerprint density at radius 1 is 1.06 bits per heavy atom. The van der Waals surface area contributed by atoms with Crippen LogP contribution >= 0.6 is 15.9 Å². The molecule has 0 saturated heterocycles. The molecule has 1 saturated carbocycles. The van der Waals surface area contributed by atoms with Gasteiger partial charge in [-0.25, -0.2) is 0 Å². The number of hydrogen-bond acceptors (Lipinski definition) is 0. The molecule has 1 aromatic rings. The first-order valence-electron chi connectivity index (χ1n) is 6.17. The van der Waals surface area contributed by atoms with E-state index < -0.39 is 11.7 Å². The second-order valence-corrected chi connectivity index (χ2v) is 5.77. The summed E-state index contributed by atoms with van der Waals surface area (Å²) in [5.74, 6) is 0. The first kappa shape index (κ1) is 13.9. The first-order chi connectivity index (χ1) is 8.45. The largest absolute Gasteiger partial charge is 0.416 e. The summed E-state index contributed by atoms with van der Waals surface area (Å²) in [5.41, 5.74) is 0.689. The zero-order valence-electron chi connectivity index (χ0n) is 10.1. The fourth-order valence-corrected chi connectivity index (χ4v) is 3.49. The fraction of sp³-hybridized carbons (Fsp3) is 0.571. The molecule has 2 rings (SSSR count). The average molecular weight is 321 g/mol. The van der Waals surface area contributed by atoms with Crippen molar-refractivity contribution < 1.29 is 13.2 Å². The van der Waals surface area contributed by atoms with E-state index in [0.717, 1.165) is 17.3 Å². The van der Waals surface area contributed by atoms with E-state index in [-0.39, 0.29) is 5.41 Å². The molecular weight excluding hydrogens is 305 g/mol. The van der Waals surface area contributed by atoms with Crippen molar-refractivity contribution in [2.45, 2.75) is 38.3 Å². The van der Waals surface area contributed by atoms with Crippen LogP contribution in [0.25, 0.3) is 0 Å². The van der Waals surface area contributed by atoms with Crippen molar-refractivity contribution in [3.05, 3.63) is 35.4 Å². The fourth-order valence-electron chi connectivity index (χ4n) is 2.73. The van der Waals surface area contributed by atoms with Crippen LogP contribution in [-0.2, 0) is 12.6 Å². The Morgan fingerprint density at radius 2 is 1.61 bits per heavy atom. The molecule has 18 heavy (non-hydrogen) atoms. The molecule has 0 N–H and O–H groups in total. The highest BCUT2D eigenvalue weighted by molar-refractivity contribution is 9.09. The average Bonchev–Trinajstić information content (AvgIpc) is 2.78. The van der Waals surface area contributed by atoms with E-state index in [2.05, 4.69) is 15.9 Å². The summed E-state index contributed by atoms with van der Waals surface area (Å²) in [6.07, 6.45) is 1.42. The zero-order valence-corrected chi connectivity index (χ0v) is 11.6. The van der Waals surface area contributed by atoms with Crippen LogP contribution in [0.3, 0.4) is 0 Å². The normalized spacial score (nSPS) is 19.1. The van der Waals surface area contributed by atoms with E-state index in [0.29, 0.717) is 0 Å². The summed E-state index contributed by atoms with van der Waals surface area (Å²) >= 11 is 3.56. The molecule has 1 aliphatic rings. The molecule has 4 heteroatoms. The molecule has 1 fully saturated rings. The van der Waals surface area contributed by atoms with Gasteiger partial charge >= 0.3 is 6.18 Å². The third-order valence-corrected chi connectivity index (χ3v) is 5.00. The summed E-state index contributed by atoms with van der Waals surface area (Å²) in [6.45, 7) is 0. The molecule has 0 heterocycles. The van der Waals surface area contributed by atoms with E-state index in [1.54, 1.807) is 12.1 Å². The van der Waals surface area contributed by atoms with Gasteiger partial charge in [0.2, 0.25) is 0 Å². The van der Waals surface area contributed by atoms with Gasteiger partial charge in [0.25, 0.3) is 0 Å². The van der Waals surface area contributed by atoms with Crippen molar-refractivity contribution in [2.24, 2.45) is 5.41 Å². The summed E-state index contributed by atoms with van der Waals surface area (Å²) < 4.78 is 37.4. The Balaban J connectivity index is 2.11. The molecule has 0 spiro atoms. The van der Waals surface area contributed by atoms with E-state index in [1.165, 1.54) is 37.8 Å². The van der Waals surface area contributed by atoms with Crippen molar-refractivity contribution in [2.75, 3.05) is 5.33 Å². The van der Waals surface area contributed by atoms with Gasteiger partial charge in [-0.3, -0.25) is 0 Å². The molecule has 1 aromatic carbocycles. The van der Waals surface area contributed by atoms with Crippen LogP contribution in [-0.4, -0.2) is 5.33 Å². The Kier molecular flexibility index (Phi) is 4.05. The minimum atomic E-state index is -4.24. The second-order valence-electron chi connectivity index (χ2n) is 5.21. The lowest BCUT2D eigenvalue weighted by molar-refractivity contribution is -0.137. The van der Waals surface area contributed by atoms with Crippen LogP contribution in [0.5, 0.6) is 0 Å². The third-order valence-electron chi connectivity index (χ3n) is 3.81. The lowest BCUT2D eigenvalue weighted by Gasteiger charge is -2.26. The monoisotopic (exact) mass is 320 g/mol. The molecule has 0 aliphatic heterocycles. The molecule has 100 valence electrons. The van der Waals surface area contributed by atoms with Crippen molar-refractivity contribution in [1.82, 2.24) is 0 Å². The molecule has 1 aliphatic carbocycles. The van der Waals surface area contributed by atoms with Gasteiger partial charge in [-0.2, -0.15) is 13.2 Å². The summed E-state index contributed by atoms with van der Waals surface area (Å²) in [4.78, 5) is 0. The predicted octanol–water partition coefficient (Wildman–Crippen LogP) is 5.20. The highest BCUT2D eigenvalue weighted by atomic mass is 79.9. The van der Waals surface area contributed by atoms with Gasteiger partial charge < -0.3 is 0 Å². The SMILES string of the molecule is FC(F)(F)c1ccc(CC2(CBr)CCCC2)cc1. The van der Waals surface area contributed by atoms with Crippen LogP contribution in [0.1, 0.15) is 36.8 Å². The van der Waals surface area contributed by atoms with Crippen LogP contribution < -0.4 is 0 Å². The van der Waals surface area contributed by atoms with Gasteiger partial charge in [-0.1, -0.05) is 40.9 Å². The van der Waals surface area contributed by atoms with Gasteiger partial charge in [0.05, 0.1) is 5.56 Å². The van der Waals surface area contributed by atoms with Gasteiger partial charge in [-0.15, -0.1) is 0 Å². The number of alkyl halides is 4. The molecule has 0 aromatic heterocycles. The number of benzene rings is 1. The van der Waals surface area contributed by atoms with E-state index in [9.17, 15) is 13.2 Å². The van der Waals surface area contributed by atoms with E-state index >= 15 is 0 Å². The molecule has 0 amide bonds. The predicted molar refractivity (Wildman–Crippen MR) is 69.8 cm³/mol. The smallest absolute Gasteiger partial charge is 0.166 e. The number of hydrogen-bond donors (Lipinski definition) is 0. The zero-order chi connectivity index (χ0) is 13.2. The molecular formula is C14H16BrF3. The molecule has 0 unspecified atom stereocenters. The Labute approximate surface area is 114 Å². The van der Waals surface area contributed by atoms with Crippen molar-refractivity contribution in [3.63, 3.8) is 0 Å². The minimum Gasteiger partial charge on any atom is -0.166 e. The first-order valence-corrected chi connectivity index (χ1v) is 7.29. The standard InChI is InChI=1S/C14H16BrF3/c15-10-13(7-1-2-8-13)9-11-3-5-12(6-4-11)14(16,17)18/h3-6H,1-2,7-10H2. The number of halogens is 4. The molecule has 0 bridgehead atoms. The third kappa shape index (κ3) is 3.08. The van der Waals surface area contributed by atoms with E-state index in [1.807, 2.05) is 0 Å². The Morgan fingerprint density at radius 3 is 2.06 bits per heavy atom. The van der Waals surface area contributed by atoms with Crippen LogP contribution in [0.4, 0.5) is 13.2 Å². The quantitative estimate of drug-likeness (QED) is 0.671. The lowest BCUT2D eigenvalue weighted by Crippen LogP contribution is -2.21. The maximum atomic E-state index is 12.5. The van der Waals surface area contributed by atoms with Crippen molar-refractivity contribution in [1.29, 1.82) is 0 Å². The summed E-state index contributed by atoms with van der Waals surface area (Å²) in [5, 5.41) is 0.932. The van der Waals surface area contributed by atoms with Crippen LogP contribution in [0.15, 0.2) is 24.3 Å². The summed E-state index contributed by atoms with van der Waals surface area (Å²) in [7, 11) is 0. The van der Waals surface area contributed by atoms with Crippen LogP contribution in [0, 0.1) is 5.41 Å². The van der Waals surface area contributed by atoms with Gasteiger partial charge in [0, 0.05) is 5.33 Å². The summed E-state index contributed by atoms with van der Waals surface area (Å²) in [6, 6.07) is 5.61. The molecule has 0 atom stereocenters. The topological polar surface area (TPSA) is 0 Å². The minimum absolute atomic E-state index is 0.250. The second kappa shape index (κ2) is 5.24.